The highest BCUT2D eigenvalue weighted by Gasteiger charge is 2.38. The van der Waals surface area contributed by atoms with Crippen LogP contribution >= 0.6 is 0 Å². The first-order valence-electron chi connectivity index (χ1n) is 10.4. The van der Waals surface area contributed by atoms with Crippen LogP contribution in [0.2, 0.25) is 0 Å². The van der Waals surface area contributed by atoms with E-state index in [4.69, 9.17) is 9.47 Å². The van der Waals surface area contributed by atoms with Gasteiger partial charge < -0.3 is 20.1 Å². The van der Waals surface area contributed by atoms with Crippen molar-refractivity contribution in [2.24, 2.45) is 0 Å². The predicted octanol–water partition coefficient (Wildman–Crippen LogP) is 4.31. The first-order valence-corrected chi connectivity index (χ1v) is 10.4. The number of rotatable bonds is 5. The Kier molecular flexibility index (Phi) is 5.80. The van der Waals surface area contributed by atoms with Gasteiger partial charge >= 0.3 is 0 Å². The van der Waals surface area contributed by atoms with E-state index in [2.05, 4.69) is 10.6 Å². The largest absolute Gasteiger partial charge is 0.497 e. The second-order valence-corrected chi connectivity index (χ2v) is 7.69. The highest BCUT2D eigenvalue weighted by Crippen LogP contribution is 2.43. The Balaban J connectivity index is 1.78. The number of carbonyl (C=O) groups is 2. The van der Waals surface area contributed by atoms with Gasteiger partial charge in [0.15, 0.2) is 5.78 Å². The molecule has 1 heterocycles. The van der Waals surface area contributed by atoms with Crippen molar-refractivity contribution in [2.75, 3.05) is 19.5 Å². The SMILES string of the molecule is COc1ccc([C@@H]2C(C(=O)Nc3ccccc3OC)=C(C)NC3=C2C(=O)CCC3)cc1. The molecule has 4 rings (SSSR count). The third-order valence-corrected chi connectivity index (χ3v) is 5.82. The summed E-state index contributed by atoms with van der Waals surface area (Å²) in [4.78, 5) is 26.5. The van der Waals surface area contributed by atoms with Crippen molar-refractivity contribution in [3.63, 3.8) is 0 Å². The van der Waals surface area contributed by atoms with Gasteiger partial charge in [0.2, 0.25) is 0 Å². The number of ether oxygens (including phenoxy) is 2. The molecule has 160 valence electrons. The van der Waals surface area contributed by atoms with E-state index in [9.17, 15) is 9.59 Å². The number of hydrogen-bond acceptors (Lipinski definition) is 5. The fourth-order valence-electron chi connectivity index (χ4n) is 4.35. The van der Waals surface area contributed by atoms with Crippen LogP contribution in [0.4, 0.5) is 5.69 Å². The summed E-state index contributed by atoms with van der Waals surface area (Å²) < 4.78 is 10.7. The number of amides is 1. The van der Waals surface area contributed by atoms with Gasteiger partial charge in [0.05, 0.1) is 19.9 Å². The predicted molar refractivity (Wildman–Crippen MR) is 119 cm³/mol. The van der Waals surface area contributed by atoms with Crippen LogP contribution in [0.5, 0.6) is 11.5 Å². The molecule has 0 saturated heterocycles. The molecule has 1 atom stereocenters. The third-order valence-electron chi connectivity index (χ3n) is 5.82. The summed E-state index contributed by atoms with van der Waals surface area (Å²) in [6.45, 7) is 1.89. The van der Waals surface area contributed by atoms with E-state index >= 15 is 0 Å². The number of hydrogen-bond donors (Lipinski definition) is 2. The maximum atomic E-state index is 13.5. The summed E-state index contributed by atoms with van der Waals surface area (Å²) in [7, 11) is 3.18. The van der Waals surface area contributed by atoms with E-state index in [-0.39, 0.29) is 11.7 Å². The number of methoxy groups -OCH3 is 2. The third kappa shape index (κ3) is 3.93. The smallest absolute Gasteiger partial charge is 0.254 e. The van der Waals surface area contributed by atoms with Crippen LogP contribution < -0.4 is 20.1 Å². The van der Waals surface area contributed by atoms with Gasteiger partial charge in [-0.2, -0.15) is 0 Å². The van der Waals surface area contributed by atoms with Crippen molar-refractivity contribution < 1.29 is 19.1 Å². The minimum Gasteiger partial charge on any atom is -0.497 e. The van der Waals surface area contributed by atoms with Gasteiger partial charge in [0, 0.05) is 34.9 Å². The number of dihydropyridines is 1. The van der Waals surface area contributed by atoms with E-state index in [1.165, 1.54) is 0 Å². The molecule has 31 heavy (non-hydrogen) atoms. The van der Waals surface area contributed by atoms with Gasteiger partial charge in [-0.1, -0.05) is 24.3 Å². The summed E-state index contributed by atoms with van der Waals surface area (Å²) in [6, 6.07) is 14.8. The average molecular weight is 418 g/mol. The van der Waals surface area contributed by atoms with Crippen LogP contribution in [0.1, 0.15) is 37.7 Å². The van der Waals surface area contributed by atoms with Crippen LogP contribution in [-0.4, -0.2) is 25.9 Å². The first-order chi connectivity index (χ1) is 15.0. The van der Waals surface area contributed by atoms with Crippen molar-refractivity contribution in [1.29, 1.82) is 0 Å². The highest BCUT2D eigenvalue weighted by molar-refractivity contribution is 6.10. The van der Waals surface area contributed by atoms with Crippen molar-refractivity contribution >= 4 is 17.4 Å². The second-order valence-electron chi connectivity index (χ2n) is 7.69. The van der Waals surface area contributed by atoms with Crippen LogP contribution in [0.3, 0.4) is 0 Å². The number of ketones is 1. The lowest BCUT2D eigenvalue weighted by Gasteiger charge is -2.34. The van der Waals surface area contributed by atoms with Crippen molar-refractivity contribution in [3.05, 3.63) is 76.6 Å². The van der Waals surface area contributed by atoms with Gasteiger partial charge in [0.1, 0.15) is 11.5 Å². The average Bonchev–Trinajstić information content (AvgIpc) is 2.78. The molecule has 2 N–H and O–H groups in total. The summed E-state index contributed by atoms with van der Waals surface area (Å²) in [6.07, 6.45) is 2.11. The van der Waals surface area contributed by atoms with E-state index < -0.39 is 5.92 Å². The van der Waals surface area contributed by atoms with Crippen LogP contribution in [0, 0.1) is 0 Å². The number of benzene rings is 2. The molecule has 0 fully saturated rings. The number of anilines is 1. The standard InChI is InChI=1S/C25H26N2O4/c1-15-22(25(29)27-18-7-4-5-10-21(18)31-3)23(16-11-13-17(30-2)14-12-16)24-19(26-15)8-6-9-20(24)28/h4-5,7,10-14,23,26H,6,8-9H2,1-3H3,(H,27,29)/t23-/m1/s1. The van der Waals surface area contributed by atoms with E-state index in [1.54, 1.807) is 26.4 Å². The van der Waals surface area contributed by atoms with Gasteiger partial charge in [0.25, 0.3) is 5.91 Å². The molecule has 6 heteroatoms. The molecule has 2 aromatic rings. The second kappa shape index (κ2) is 8.68. The van der Waals surface area contributed by atoms with Gasteiger partial charge in [-0.3, -0.25) is 9.59 Å². The minimum absolute atomic E-state index is 0.0876. The molecule has 1 amide bonds. The normalized spacial score (nSPS) is 18.3. The number of allylic oxidation sites excluding steroid dienone is 3. The Hall–Kier alpha value is -3.54. The summed E-state index contributed by atoms with van der Waals surface area (Å²) in [5, 5.41) is 6.31. The monoisotopic (exact) mass is 418 g/mol. The molecular weight excluding hydrogens is 392 g/mol. The molecule has 6 nitrogen and oxygen atoms in total. The first kappa shape index (κ1) is 20.7. The zero-order chi connectivity index (χ0) is 22.0. The summed E-state index contributed by atoms with van der Waals surface area (Å²) in [5.41, 5.74) is 4.36. The molecule has 2 aliphatic rings. The number of Topliss-reactive ketones (excluding diaryl/α,β-unsaturated/α-hetero) is 1. The Bertz CT molecular complexity index is 1080. The fourth-order valence-corrected chi connectivity index (χ4v) is 4.35. The molecule has 0 radical (unpaired) electrons. The van der Waals surface area contributed by atoms with Gasteiger partial charge in [-0.05, 0) is 49.6 Å². The number of nitrogens with one attached hydrogen (secondary N) is 2. The Morgan fingerprint density at radius 2 is 1.77 bits per heavy atom. The maximum Gasteiger partial charge on any atom is 0.254 e. The zero-order valence-corrected chi connectivity index (χ0v) is 18.0. The molecule has 1 aliphatic carbocycles. The molecule has 0 saturated carbocycles. The quantitative estimate of drug-likeness (QED) is 0.757. The lowest BCUT2D eigenvalue weighted by Crippen LogP contribution is -2.35. The van der Waals surface area contributed by atoms with E-state index in [0.29, 0.717) is 29.0 Å². The fraction of sp³-hybridized carbons (Fsp3) is 0.280. The molecule has 2 aromatic carbocycles. The minimum atomic E-state index is -0.440. The molecule has 0 aromatic heterocycles. The van der Waals surface area contributed by atoms with Crippen molar-refractivity contribution in [1.82, 2.24) is 5.32 Å². The lowest BCUT2D eigenvalue weighted by atomic mass is 9.75. The summed E-state index contributed by atoms with van der Waals surface area (Å²) in [5.74, 6) is 0.685. The summed E-state index contributed by atoms with van der Waals surface area (Å²) >= 11 is 0. The van der Waals surface area contributed by atoms with E-state index in [1.807, 2.05) is 43.3 Å². The van der Waals surface area contributed by atoms with E-state index in [0.717, 1.165) is 35.5 Å². The van der Waals surface area contributed by atoms with Gasteiger partial charge in [-0.15, -0.1) is 0 Å². The van der Waals surface area contributed by atoms with Crippen LogP contribution in [0.25, 0.3) is 0 Å². The van der Waals surface area contributed by atoms with Crippen molar-refractivity contribution in [3.8, 4) is 11.5 Å². The van der Waals surface area contributed by atoms with Crippen molar-refractivity contribution in [2.45, 2.75) is 32.1 Å². The molecule has 0 spiro atoms. The molecule has 0 bridgehead atoms. The van der Waals surface area contributed by atoms with Gasteiger partial charge in [-0.25, -0.2) is 0 Å². The topological polar surface area (TPSA) is 76.7 Å². The number of para-hydroxylation sites is 2. The Labute approximate surface area is 181 Å². The lowest BCUT2D eigenvalue weighted by molar-refractivity contribution is -0.116. The highest BCUT2D eigenvalue weighted by atomic mass is 16.5. The van der Waals surface area contributed by atoms with Crippen LogP contribution in [-0.2, 0) is 9.59 Å². The Morgan fingerprint density at radius 1 is 1.03 bits per heavy atom. The molecule has 0 unspecified atom stereocenters. The number of carbonyl (C=O) groups excluding carboxylic acids is 2. The zero-order valence-electron chi connectivity index (χ0n) is 18.0. The molecule has 1 aliphatic heterocycles. The van der Waals surface area contributed by atoms with Crippen LogP contribution in [0.15, 0.2) is 71.1 Å². The molecular formula is C25H26N2O4. The maximum absolute atomic E-state index is 13.5. The Morgan fingerprint density at radius 3 is 2.48 bits per heavy atom.